The molecule has 1 saturated carbocycles. The van der Waals surface area contributed by atoms with Gasteiger partial charge in [-0.15, -0.1) is 0 Å². The average molecular weight is 958 g/mol. The standard InChI is InChI=1S/C52H59N7O11/c1-3-15-40(45(61)50(66)55-30-42(60)57-43(49(65)53-2)33-16-7-4-8-17-33)56-48(64)41-28-32(29-54-46(62)35-24-26-37(27-25-35)70-36-20-11-6-12-21-36)31-59(41)51(67)44(34-18-9-5-10-19-34)58-47(63)38-22-13-14-23-39(38)52(68)69/h4,6-8,11-14,16-17,20-27,32,34,40-44,57,60H,2-3,5,9-10,15,18-19,28-31H2,1H3,(H,54,62)(H,55,66)(H,56,64)(H,58,63)(H,68,69)/t32-,40?,41+,42?,43?,44+/m1/s1. The van der Waals surface area contributed by atoms with Gasteiger partial charge in [-0.3, -0.25) is 38.9 Å². The zero-order valence-electron chi connectivity index (χ0n) is 38.9. The van der Waals surface area contributed by atoms with E-state index in [0.717, 1.165) is 19.3 Å². The molecular formula is C52H59N7O11. The maximum absolute atomic E-state index is 15.0. The fraction of sp³-hybridized carbons (Fsp3) is 0.365. The second-order valence-corrected chi connectivity index (χ2v) is 17.4. The number of benzene rings is 4. The molecule has 0 aromatic heterocycles. The molecular weight excluding hydrogens is 899 g/mol. The van der Waals surface area contributed by atoms with Crippen molar-refractivity contribution in [3.63, 3.8) is 0 Å². The average Bonchev–Trinajstić information content (AvgIpc) is 3.83. The number of aliphatic hydroxyl groups is 1. The molecule has 18 nitrogen and oxygen atoms in total. The van der Waals surface area contributed by atoms with Crippen LogP contribution in [0.2, 0.25) is 0 Å². The normalized spacial score (nSPS) is 17.4. The van der Waals surface area contributed by atoms with Crippen molar-refractivity contribution in [3.8, 4) is 11.5 Å². The van der Waals surface area contributed by atoms with Crippen LogP contribution in [0.5, 0.6) is 11.5 Å². The minimum Gasteiger partial charge on any atom is -0.478 e. The number of carboxylic acids is 1. The minimum atomic E-state index is -1.51. The molecule has 1 saturated heterocycles. The van der Waals surface area contributed by atoms with Crippen LogP contribution in [-0.4, -0.2) is 113 Å². The van der Waals surface area contributed by atoms with Gasteiger partial charge in [0.25, 0.3) is 23.6 Å². The number of aliphatic imine (C=N–C) groups is 1. The van der Waals surface area contributed by atoms with Gasteiger partial charge in [0.05, 0.1) is 23.7 Å². The fourth-order valence-electron chi connectivity index (χ4n) is 8.87. The second-order valence-electron chi connectivity index (χ2n) is 17.4. The zero-order valence-corrected chi connectivity index (χ0v) is 38.9. The Kier molecular flexibility index (Phi) is 18.6. The molecule has 3 unspecified atom stereocenters. The lowest BCUT2D eigenvalue weighted by atomic mass is 9.83. The van der Waals surface area contributed by atoms with E-state index < -0.39 is 90.1 Å². The second kappa shape index (κ2) is 25.2. The Bertz CT molecular complexity index is 2500. The van der Waals surface area contributed by atoms with Gasteiger partial charge in [0.15, 0.2) is 0 Å². The third-order valence-corrected chi connectivity index (χ3v) is 12.5. The molecule has 18 heteroatoms. The summed E-state index contributed by atoms with van der Waals surface area (Å²) in [5, 5.41) is 34.1. The van der Waals surface area contributed by atoms with Crippen molar-refractivity contribution in [3.05, 3.63) is 131 Å². The molecule has 0 radical (unpaired) electrons. The first-order valence-electron chi connectivity index (χ1n) is 23.4. The number of aliphatic hydroxyl groups excluding tert-OH is 1. The number of amides is 6. The lowest BCUT2D eigenvalue weighted by Gasteiger charge is -2.35. The van der Waals surface area contributed by atoms with Gasteiger partial charge < -0.3 is 41.1 Å². The molecule has 2 fully saturated rings. The van der Waals surface area contributed by atoms with Crippen molar-refractivity contribution in [2.45, 2.75) is 88.7 Å². The summed E-state index contributed by atoms with van der Waals surface area (Å²) in [4.78, 5) is 113. The Labute approximate surface area is 405 Å². The fourth-order valence-corrected chi connectivity index (χ4v) is 8.87. The van der Waals surface area contributed by atoms with E-state index in [0.29, 0.717) is 41.9 Å². The topological polar surface area (TPSA) is 262 Å². The van der Waals surface area contributed by atoms with E-state index in [1.54, 1.807) is 73.7 Å². The van der Waals surface area contributed by atoms with Crippen molar-refractivity contribution in [2.75, 3.05) is 19.6 Å². The number of likely N-dealkylation sites (tertiary alicyclic amines) is 1. The van der Waals surface area contributed by atoms with Crippen LogP contribution in [0.3, 0.4) is 0 Å². The predicted octanol–water partition coefficient (Wildman–Crippen LogP) is 4.35. The first-order valence-corrected chi connectivity index (χ1v) is 23.4. The lowest BCUT2D eigenvalue weighted by molar-refractivity contribution is -0.143. The quantitative estimate of drug-likeness (QED) is 0.0330. The SMILES string of the molecule is C=NC(=O)C(NC(O)CNC(=O)C(=O)C(CCC)NC(=O)[C@@H]1C[C@H](CNC(=O)c2ccc(Oc3ccccc3)cc2)CN1C(=O)[C@@H](NC(=O)c1ccccc1C(=O)O)C1CCCCC1)c1ccccc1. The van der Waals surface area contributed by atoms with Gasteiger partial charge in [-0.25, -0.2) is 9.79 Å². The molecule has 2 aliphatic rings. The number of hydrogen-bond donors (Lipinski definition) is 7. The van der Waals surface area contributed by atoms with Gasteiger partial charge in [0, 0.05) is 18.7 Å². The number of carboxylic acid groups (broad SMARTS) is 1. The molecule has 6 amide bonds. The van der Waals surface area contributed by atoms with Gasteiger partial charge in [-0.2, -0.15) is 0 Å². The number of rotatable bonds is 22. The first kappa shape index (κ1) is 51.8. The van der Waals surface area contributed by atoms with E-state index in [2.05, 4.69) is 38.3 Å². The number of nitrogens with zero attached hydrogens (tertiary/aromatic N) is 2. The summed E-state index contributed by atoms with van der Waals surface area (Å²) >= 11 is 0. The van der Waals surface area contributed by atoms with Crippen LogP contribution in [0, 0.1) is 11.8 Å². The van der Waals surface area contributed by atoms with Crippen LogP contribution in [-0.2, 0) is 24.0 Å². The van der Waals surface area contributed by atoms with Crippen molar-refractivity contribution in [1.82, 2.24) is 31.5 Å². The highest BCUT2D eigenvalue weighted by atomic mass is 16.5. The summed E-state index contributed by atoms with van der Waals surface area (Å²) in [5.41, 5.74) is 0.427. The van der Waals surface area contributed by atoms with Crippen LogP contribution in [0.4, 0.5) is 0 Å². The maximum Gasteiger partial charge on any atom is 0.336 e. The number of carbonyl (C=O) groups excluding carboxylic acids is 7. The van der Waals surface area contributed by atoms with E-state index in [1.807, 2.05) is 18.2 Å². The van der Waals surface area contributed by atoms with Gasteiger partial charge in [-0.05, 0) is 98.3 Å². The van der Waals surface area contributed by atoms with E-state index in [-0.39, 0.29) is 43.0 Å². The maximum atomic E-state index is 15.0. The third kappa shape index (κ3) is 13.8. The summed E-state index contributed by atoms with van der Waals surface area (Å²) in [6, 6.07) is 24.9. The van der Waals surface area contributed by atoms with Crippen LogP contribution >= 0.6 is 0 Å². The van der Waals surface area contributed by atoms with Crippen LogP contribution in [0.25, 0.3) is 0 Å². The highest BCUT2D eigenvalue weighted by molar-refractivity contribution is 6.38. The van der Waals surface area contributed by atoms with Crippen molar-refractivity contribution in [1.29, 1.82) is 0 Å². The van der Waals surface area contributed by atoms with E-state index in [4.69, 9.17) is 4.74 Å². The molecule has 1 heterocycles. The summed E-state index contributed by atoms with van der Waals surface area (Å²) in [6.45, 7) is 4.53. The van der Waals surface area contributed by atoms with E-state index in [9.17, 15) is 48.6 Å². The number of aromatic carboxylic acids is 1. The Morgan fingerprint density at radius 3 is 2.04 bits per heavy atom. The number of carbonyl (C=O) groups is 8. The molecule has 7 N–H and O–H groups in total. The molecule has 4 aromatic carbocycles. The van der Waals surface area contributed by atoms with Gasteiger partial charge in [0.2, 0.25) is 17.6 Å². The van der Waals surface area contributed by atoms with Crippen molar-refractivity contribution < 1.29 is 53.3 Å². The number of ketones is 1. The molecule has 0 bridgehead atoms. The van der Waals surface area contributed by atoms with Gasteiger partial charge in [0.1, 0.15) is 35.9 Å². The Morgan fingerprint density at radius 2 is 1.40 bits per heavy atom. The van der Waals surface area contributed by atoms with Crippen LogP contribution in [0.1, 0.15) is 101 Å². The smallest absolute Gasteiger partial charge is 0.336 e. The molecule has 4 aromatic rings. The highest BCUT2D eigenvalue weighted by Gasteiger charge is 2.45. The largest absolute Gasteiger partial charge is 0.478 e. The molecule has 70 heavy (non-hydrogen) atoms. The van der Waals surface area contributed by atoms with E-state index >= 15 is 0 Å². The van der Waals surface area contributed by atoms with Crippen LogP contribution in [0.15, 0.2) is 114 Å². The molecule has 1 aliphatic carbocycles. The number of para-hydroxylation sites is 1. The molecule has 1 aliphatic heterocycles. The number of nitrogens with one attached hydrogen (secondary N) is 5. The molecule has 0 spiro atoms. The first-order chi connectivity index (χ1) is 33.8. The van der Waals surface area contributed by atoms with Crippen LogP contribution < -0.4 is 31.3 Å². The monoisotopic (exact) mass is 957 g/mol. The third-order valence-electron chi connectivity index (χ3n) is 12.5. The van der Waals surface area contributed by atoms with Crippen molar-refractivity contribution >= 4 is 53.9 Å². The Balaban J connectivity index is 1.19. The molecule has 6 rings (SSSR count). The van der Waals surface area contributed by atoms with E-state index in [1.165, 1.54) is 29.2 Å². The minimum absolute atomic E-state index is 0.0303. The molecule has 6 atom stereocenters. The van der Waals surface area contributed by atoms with Gasteiger partial charge >= 0.3 is 5.97 Å². The number of ether oxygens (including phenoxy) is 1. The lowest BCUT2D eigenvalue weighted by Crippen LogP contribution is -2.58. The summed E-state index contributed by atoms with van der Waals surface area (Å²) in [5.74, 6) is -6.36. The predicted molar refractivity (Wildman–Crippen MR) is 258 cm³/mol. The summed E-state index contributed by atoms with van der Waals surface area (Å²) in [6.07, 6.45) is 2.56. The highest BCUT2D eigenvalue weighted by Crippen LogP contribution is 2.32. The zero-order chi connectivity index (χ0) is 50.2. The van der Waals surface area contributed by atoms with Crippen molar-refractivity contribution in [2.24, 2.45) is 16.8 Å². The number of hydrogen-bond acceptors (Lipinski definition) is 11. The summed E-state index contributed by atoms with van der Waals surface area (Å²) in [7, 11) is 0. The Hall–Kier alpha value is -7.57. The van der Waals surface area contributed by atoms with Gasteiger partial charge in [-0.1, -0.05) is 93.3 Å². The Morgan fingerprint density at radius 1 is 0.771 bits per heavy atom. The molecule has 368 valence electrons. The summed E-state index contributed by atoms with van der Waals surface area (Å²) < 4.78 is 5.85. The number of Topliss-reactive ketones (excluding diaryl/α,β-unsaturated/α-hetero) is 1.